The first-order chi connectivity index (χ1) is 8.59. The molecular formula is C16H17NO. The Morgan fingerprint density at radius 2 is 1.72 bits per heavy atom. The van der Waals surface area contributed by atoms with E-state index in [0.29, 0.717) is 6.42 Å². The van der Waals surface area contributed by atoms with Crippen molar-refractivity contribution in [3.05, 3.63) is 64.5 Å². The van der Waals surface area contributed by atoms with Gasteiger partial charge in [0.1, 0.15) is 0 Å². The minimum Gasteiger partial charge on any atom is -0.294 e. The highest BCUT2D eigenvalue weighted by molar-refractivity contribution is 5.98. The average Bonchev–Trinajstić information content (AvgIpc) is 2.34. The van der Waals surface area contributed by atoms with Crippen LogP contribution in [-0.2, 0) is 6.42 Å². The Morgan fingerprint density at radius 3 is 2.33 bits per heavy atom. The maximum atomic E-state index is 12.3. The Balaban J connectivity index is 2.30. The van der Waals surface area contributed by atoms with Crippen molar-refractivity contribution in [3.8, 4) is 0 Å². The fourth-order valence-corrected chi connectivity index (χ4v) is 2.14. The first-order valence-corrected chi connectivity index (χ1v) is 6.08. The molecule has 92 valence electrons. The lowest BCUT2D eigenvalue weighted by Gasteiger charge is -2.09. The molecule has 2 rings (SSSR count). The summed E-state index contributed by atoms with van der Waals surface area (Å²) < 4.78 is 0. The lowest BCUT2D eigenvalue weighted by atomic mass is 9.95. The van der Waals surface area contributed by atoms with Crippen molar-refractivity contribution < 1.29 is 4.79 Å². The van der Waals surface area contributed by atoms with Crippen molar-refractivity contribution >= 4 is 5.78 Å². The second-order valence-corrected chi connectivity index (χ2v) is 4.66. The van der Waals surface area contributed by atoms with Crippen molar-refractivity contribution in [1.29, 1.82) is 0 Å². The molecule has 1 heterocycles. The maximum Gasteiger partial charge on any atom is 0.169 e. The third-order valence-corrected chi connectivity index (χ3v) is 3.32. The number of ketones is 1. The average molecular weight is 239 g/mol. The molecule has 0 radical (unpaired) electrons. The van der Waals surface area contributed by atoms with E-state index in [1.165, 1.54) is 11.1 Å². The van der Waals surface area contributed by atoms with E-state index in [1.807, 2.05) is 45.0 Å². The van der Waals surface area contributed by atoms with E-state index in [1.54, 1.807) is 12.4 Å². The van der Waals surface area contributed by atoms with Crippen LogP contribution in [0.2, 0.25) is 0 Å². The molecule has 0 bridgehead atoms. The number of aryl methyl sites for hydroxylation is 3. The van der Waals surface area contributed by atoms with Gasteiger partial charge in [-0.3, -0.25) is 9.78 Å². The van der Waals surface area contributed by atoms with Gasteiger partial charge >= 0.3 is 0 Å². The molecule has 1 aromatic carbocycles. The smallest absolute Gasteiger partial charge is 0.169 e. The quantitative estimate of drug-likeness (QED) is 0.768. The van der Waals surface area contributed by atoms with Crippen LogP contribution >= 0.6 is 0 Å². The van der Waals surface area contributed by atoms with E-state index in [4.69, 9.17) is 0 Å². The zero-order valence-corrected chi connectivity index (χ0v) is 11.0. The summed E-state index contributed by atoms with van der Waals surface area (Å²) in [6.45, 7) is 6.04. The summed E-state index contributed by atoms with van der Waals surface area (Å²) in [5, 5.41) is 0. The van der Waals surface area contributed by atoms with E-state index in [2.05, 4.69) is 4.98 Å². The van der Waals surface area contributed by atoms with Crippen molar-refractivity contribution in [3.63, 3.8) is 0 Å². The molecule has 0 saturated heterocycles. The summed E-state index contributed by atoms with van der Waals surface area (Å²) in [6, 6.07) is 7.99. The third-order valence-electron chi connectivity index (χ3n) is 3.32. The molecular weight excluding hydrogens is 222 g/mol. The summed E-state index contributed by atoms with van der Waals surface area (Å²) in [5.74, 6) is 0.137. The van der Waals surface area contributed by atoms with E-state index in [0.717, 1.165) is 16.7 Å². The number of aromatic nitrogens is 1. The Morgan fingerprint density at radius 1 is 1.06 bits per heavy atom. The molecule has 0 aliphatic rings. The fraction of sp³-hybridized carbons (Fsp3) is 0.250. The van der Waals surface area contributed by atoms with Gasteiger partial charge < -0.3 is 0 Å². The Bertz CT molecular complexity index is 567. The van der Waals surface area contributed by atoms with Gasteiger partial charge in [-0.15, -0.1) is 0 Å². The van der Waals surface area contributed by atoms with Crippen LogP contribution in [0.3, 0.4) is 0 Å². The fourth-order valence-electron chi connectivity index (χ4n) is 2.14. The first-order valence-electron chi connectivity index (χ1n) is 6.08. The molecule has 0 saturated carbocycles. The standard InChI is InChI=1S/C16H17NO/c1-11-5-4-6-12(2)14(11)9-16(18)15-10-17-8-7-13(15)3/h4-8,10H,9H2,1-3H3. The minimum atomic E-state index is 0.137. The Kier molecular flexibility index (Phi) is 3.56. The molecule has 0 fully saturated rings. The molecule has 0 amide bonds. The summed E-state index contributed by atoms with van der Waals surface area (Å²) >= 11 is 0. The van der Waals surface area contributed by atoms with Gasteiger partial charge in [0.05, 0.1) is 0 Å². The van der Waals surface area contributed by atoms with Gasteiger partial charge in [-0.05, 0) is 49.1 Å². The Labute approximate surface area is 108 Å². The molecule has 2 aromatic rings. The normalized spacial score (nSPS) is 10.4. The third kappa shape index (κ3) is 2.48. The number of carbonyl (C=O) groups excluding carboxylic acids is 1. The van der Waals surface area contributed by atoms with E-state index in [9.17, 15) is 4.79 Å². The van der Waals surface area contributed by atoms with E-state index < -0.39 is 0 Å². The van der Waals surface area contributed by atoms with Gasteiger partial charge in [-0.2, -0.15) is 0 Å². The molecule has 1 aromatic heterocycles. The van der Waals surface area contributed by atoms with Crippen LogP contribution in [0.25, 0.3) is 0 Å². The van der Waals surface area contributed by atoms with Crippen LogP contribution in [0.5, 0.6) is 0 Å². The van der Waals surface area contributed by atoms with Crippen LogP contribution < -0.4 is 0 Å². The van der Waals surface area contributed by atoms with Gasteiger partial charge in [0.15, 0.2) is 5.78 Å². The molecule has 0 aliphatic heterocycles. The highest BCUT2D eigenvalue weighted by Crippen LogP contribution is 2.17. The van der Waals surface area contributed by atoms with Crippen molar-refractivity contribution in [2.75, 3.05) is 0 Å². The second-order valence-electron chi connectivity index (χ2n) is 4.66. The number of hydrogen-bond donors (Lipinski definition) is 0. The highest BCUT2D eigenvalue weighted by Gasteiger charge is 2.12. The monoisotopic (exact) mass is 239 g/mol. The number of nitrogens with zero attached hydrogens (tertiary/aromatic N) is 1. The first kappa shape index (κ1) is 12.5. The van der Waals surface area contributed by atoms with Crippen LogP contribution in [0.15, 0.2) is 36.7 Å². The molecule has 0 aliphatic carbocycles. The van der Waals surface area contributed by atoms with Gasteiger partial charge in [0.25, 0.3) is 0 Å². The van der Waals surface area contributed by atoms with Crippen molar-refractivity contribution in [2.45, 2.75) is 27.2 Å². The molecule has 2 heteroatoms. The molecule has 2 nitrogen and oxygen atoms in total. The number of carbonyl (C=O) groups is 1. The topological polar surface area (TPSA) is 30.0 Å². The summed E-state index contributed by atoms with van der Waals surface area (Å²) in [4.78, 5) is 16.3. The molecule has 0 spiro atoms. The number of benzene rings is 1. The minimum absolute atomic E-state index is 0.137. The lowest BCUT2D eigenvalue weighted by Crippen LogP contribution is -2.08. The molecule has 0 atom stereocenters. The van der Waals surface area contributed by atoms with Gasteiger partial charge in [-0.1, -0.05) is 18.2 Å². The van der Waals surface area contributed by atoms with Crippen LogP contribution in [-0.4, -0.2) is 10.8 Å². The summed E-state index contributed by atoms with van der Waals surface area (Å²) in [5.41, 5.74) is 5.18. The van der Waals surface area contributed by atoms with Gasteiger partial charge in [0, 0.05) is 24.4 Å². The molecule has 0 N–H and O–H groups in total. The summed E-state index contributed by atoms with van der Waals surface area (Å²) in [7, 11) is 0. The van der Waals surface area contributed by atoms with Crippen molar-refractivity contribution in [1.82, 2.24) is 4.98 Å². The second kappa shape index (κ2) is 5.13. The predicted molar refractivity (Wildman–Crippen MR) is 72.9 cm³/mol. The lowest BCUT2D eigenvalue weighted by molar-refractivity contribution is 0.0991. The molecule has 0 unspecified atom stereocenters. The number of Topliss-reactive ketones (excluding diaryl/α,β-unsaturated/α-hetero) is 1. The van der Waals surface area contributed by atoms with E-state index >= 15 is 0 Å². The van der Waals surface area contributed by atoms with Crippen LogP contribution in [0.4, 0.5) is 0 Å². The maximum absolute atomic E-state index is 12.3. The number of hydrogen-bond acceptors (Lipinski definition) is 2. The number of rotatable bonds is 3. The molecule has 18 heavy (non-hydrogen) atoms. The zero-order chi connectivity index (χ0) is 13.1. The largest absolute Gasteiger partial charge is 0.294 e. The van der Waals surface area contributed by atoms with Gasteiger partial charge in [-0.25, -0.2) is 0 Å². The highest BCUT2D eigenvalue weighted by atomic mass is 16.1. The number of pyridine rings is 1. The van der Waals surface area contributed by atoms with Crippen LogP contribution in [0, 0.1) is 20.8 Å². The zero-order valence-electron chi connectivity index (χ0n) is 11.0. The van der Waals surface area contributed by atoms with E-state index in [-0.39, 0.29) is 5.78 Å². The Hall–Kier alpha value is -1.96. The van der Waals surface area contributed by atoms with Crippen LogP contribution in [0.1, 0.15) is 32.6 Å². The summed E-state index contributed by atoms with van der Waals surface area (Å²) in [6.07, 6.45) is 3.82. The van der Waals surface area contributed by atoms with Crippen molar-refractivity contribution in [2.24, 2.45) is 0 Å². The van der Waals surface area contributed by atoms with Gasteiger partial charge in [0.2, 0.25) is 0 Å². The SMILES string of the molecule is Cc1ccncc1C(=O)Cc1c(C)cccc1C. The predicted octanol–water partition coefficient (Wildman–Crippen LogP) is 3.43.